The first-order valence-electron chi connectivity index (χ1n) is 7.26. The van der Waals surface area contributed by atoms with E-state index in [4.69, 9.17) is 5.73 Å². The smallest absolute Gasteiger partial charge is 0.236 e. The fourth-order valence-corrected chi connectivity index (χ4v) is 2.26. The molecule has 1 aromatic carbocycles. The average molecular weight is 295 g/mol. The van der Waals surface area contributed by atoms with Crippen LogP contribution in [0.25, 0.3) is 0 Å². The van der Waals surface area contributed by atoms with Crippen LogP contribution in [0.15, 0.2) is 24.3 Å². The van der Waals surface area contributed by atoms with E-state index >= 15 is 0 Å². The number of hydrogen-bond acceptors (Lipinski definition) is 3. The molecule has 0 fully saturated rings. The van der Waals surface area contributed by atoms with Crippen molar-refractivity contribution in [1.29, 1.82) is 0 Å². The molecule has 0 spiro atoms. The van der Waals surface area contributed by atoms with Gasteiger partial charge in [-0.05, 0) is 44.1 Å². The maximum absolute atomic E-state index is 13.3. The lowest BCUT2D eigenvalue weighted by atomic mass is 10.0. The summed E-state index contributed by atoms with van der Waals surface area (Å²) < 4.78 is 13.3. The Bertz CT molecular complexity index is 463. The van der Waals surface area contributed by atoms with Gasteiger partial charge in [0.15, 0.2) is 0 Å². The summed E-state index contributed by atoms with van der Waals surface area (Å²) in [7, 11) is 3.80. The van der Waals surface area contributed by atoms with Crippen LogP contribution >= 0.6 is 0 Å². The maximum atomic E-state index is 13.3. The second-order valence-corrected chi connectivity index (χ2v) is 6.02. The molecule has 0 heterocycles. The van der Waals surface area contributed by atoms with E-state index in [9.17, 15) is 9.18 Å². The van der Waals surface area contributed by atoms with Gasteiger partial charge in [0.05, 0.1) is 12.1 Å². The molecular weight excluding hydrogens is 269 g/mol. The lowest BCUT2D eigenvalue weighted by Crippen LogP contribution is -2.44. The molecular formula is C16H26FN3O. The topological polar surface area (TPSA) is 58.4 Å². The monoisotopic (exact) mass is 295 g/mol. The number of hydrogen-bond donors (Lipinski definition) is 2. The van der Waals surface area contributed by atoms with Gasteiger partial charge >= 0.3 is 0 Å². The Balaban J connectivity index is 2.66. The van der Waals surface area contributed by atoms with Crippen molar-refractivity contribution in [3.05, 3.63) is 35.6 Å². The fraction of sp³-hybridized carbons (Fsp3) is 0.562. The molecule has 0 aliphatic heterocycles. The number of halogens is 1. The third-order valence-corrected chi connectivity index (χ3v) is 3.39. The highest BCUT2D eigenvalue weighted by Gasteiger charge is 2.19. The number of carbonyl (C=O) groups excluding carboxylic acids is 1. The van der Waals surface area contributed by atoms with E-state index < -0.39 is 6.04 Å². The number of carbonyl (C=O) groups is 1. The van der Waals surface area contributed by atoms with E-state index in [1.54, 1.807) is 6.07 Å². The zero-order valence-electron chi connectivity index (χ0n) is 13.3. The minimum atomic E-state index is -0.500. The van der Waals surface area contributed by atoms with Crippen LogP contribution in [0, 0.1) is 11.7 Å². The minimum absolute atomic E-state index is 0.0871. The van der Waals surface area contributed by atoms with Gasteiger partial charge in [-0.25, -0.2) is 4.39 Å². The summed E-state index contributed by atoms with van der Waals surface area (Å²) in [5, 5.41) is 2.86. The summed E-state index contributed by atoms with van der Waals surface area (Å²) in [6.07, 6.45) is 0.651. The normalized spacial score (nSPS) is 14.3. The SMILES string of the molecule is CC(C)C[C@H](N)C(=O)NCC(c1cccc(F)c1)N(C)C. The number of rotatable bonds is 7. The molecule has 1 rings (SSSR count). The molecule has 1 aromatic rings. The second kappa shape index (κ2) is 8.10. The lowest BCUT2D eigenvalue weighted by Gasteiger charge is -2.26. The molecule has 3 N–H and O–H groups in total. The van der Waals surface area contributed by atoms with Crippen molar-refractivity contribution in [3.63, 3.8) is 0 Å². The molecule has 2 atom stereocenters. The Kier molecular flexibility index (Phi) is 6.78. The number of nitrogens with zero attached hydrogens (tertiary/aromatic N) is 1. The van der Waals surface area contributed by atoms with Crippen molar-refractivity contribution in [2.45, 2.75) is 32.4 Å². The van der Waals surface area contributed by atoms with E-state index in [-0.39, 0.29) is 17.8 Å². The number of nitrogens with two attached hydrogens (primary N) is 1. The standard InChI is InChI=1S/C16H26FN3O/c1-11(2)8-14(18)16(21)19-10-15(20(3)4)12-6-5-7-13(17)9-12/h5-7,9,11,14-15H,8,10,18H2,1-4H3,(H,19,21)/t14-,15?/m0/s1. The third kappa shape index (κ3) is 5.81. The molecule has 0 saturated carbocycles. The molecule has 1 unspecified atom stereocenters. The van der Waals surface area contributed by atoms with Crippen molar-refractivity contribution >= 4 is 5.91 Å². The molecule has 0 saturated heterocycles. The van der Waals surface area contributed by atoms with Gasteiger partial charge in [0.25, 0.3) is 0 Å². The molecule has 0 aliphatic carbocycles. The van der Waals surface area contributed by atoms with Crippen LogP contribution in [-0.2, 0) is 4.79 Å². The van der Waals surface area contributed by atoms with Crippen molar-refractivity contribution in [3.8, 4) is 0 Å². The molecule has 21 heavy (non-hydrogen) atoms. The van der Waals surface area contributed by atoms with Gasteiger partial charge in [-0.1, -0.05) is 26.0 Å². The highest BCUT2D eigenvalue weighted by molar-refractivity contribution is 5.81. The van der Waals surface area contributed by atoms with Crippen LogP contribution < -0.4 is 11.1 Å². The van der Waals surface area contributed by atoms with Gasteiger partial charge in [0, 0.05) is 6.54 Å². The Hall–Kier alpha value is -1.46. The first-order valence-corrected chi connectivity index (χ1v) is 7.26. The van der Waals surface area contributed by atoms with Crippen molar-refractivity contribution in [2.24, 2.45) is 11.7 Å². The minimum Gasteiger partial charge on any atom is -0.353 e. The van der Waals surface area contributed by atoms with Gasteiger partial charge in [0.1, 0.15) is 5.82 Å². The first-order chi connectivity index (χ1) is 9.81. The summed E-state index contributed by atoms with van der Waals surface area (Å²) >= 11 is 0. The molecule has 118 valence electrons. The molecule has 1 amide bonds. The van der Waals surface area contributed by atoms with Gasteiger partial charge in [0.2, 0.25) is 5.91 Å². The number of benzene rings is 1. The van der Waals surface area contributed by atoms with Gasteiger partial charge in [-0.2, -0.15) is 0 Å². The molecule has 0 aromatic heterocycles. The van der Waals surface area contributed by atoms with Crippen molar-refractivity contribution < 1.29 is 9.18 Å². The van der Waals surface area contributed by atoms with Crippen molar-refractivity contribution in [2.75, 3.05) is 20.6 Å². The zero-order chi connectivity index (χ0) is 16.0. The van der Waals surface area contributed by atoms with Crippen LogP contribution in [0.3, 0.4) is 0 Å². The average Bonchev–Trinajstić information content (AvgIpc) is 2.37. The van der Waals surface area contributed by atoms with Crippen LogP contribution in [-0.4, -0.2) is 37.5 Å². The van der Waals surface area contributed by atoms with Gasteiger partial charge in [-0.3, -0.25) is 4.79 Å². The largest absolute Gasteiger partial charge is 0.353 e. The highest BCUT2D eigenvalue weighted by Crippen LogP contribution is 2.18. The molecule has 4 nitrogen and oxygen atoms in total. The fourth-order valence-electron chi connectivity index (χ4n) is 2.26. The quantitative estimate of drug-likeness (QED) is 0.808. The summed E-state index contributed by atoms with van der Waals surface area (Å²) in [4.78, 5) is 13.9. The Morgan fingerprint density at radius 3 is 2.57 bits per heavy atom. The van der Waals surface area contributed by atoms with E-state index in [1.807, 2.05) is 38.9 Å². The maximum Gasteiger partial charge on any atom is 0.236 e. The predicted octanol–water partition coefficient (Wildman–Crippen LogP) is 1.92. The Morgan fingerprint density at radius 1 is 1.38 bits per heavy atom. The summed E-state index contributed by atoms with van der Waals surface area (Å²) in [5.41, 5.74) is 6.69. The molecule has 0 bridgehead atoms. The first kappa shape index (κ1) is 17.6. The number of nitrogens with one attached hydrogen (secondary N) is 1. The van der Waals surface area contributed by atoms with E-state index in [0.29, 0.717) is 18.9 Å². The lowest BCUT2D eigenvalue weighted by molar-refractivity contribution is -0.122. The Morgan fingerprint density at radius 2 is 2.05 bits per heavy atom. The van der Waals surface area contributed by atoms with E-state index in [2.05, 4.69) is 5.32 Å². The van der Waals surface area contributed by atoms with Gasteiger partial charge < -0.3 is 16.0 Å². The summed E-state index contributed by atoms with van der Waals surface area (Å²) in [6.45, 7) is 4.46. The zero-order valence-corrected chi connectivity index (χ0v) is 13.3. The summed E-state index contributed by atoms with van der Waals surface area (Å²) in [6, 6.07) is 5.84. The number of amides is 1. The Labute approximate surface area is 126 Å². The third-order valence-electron chi connectivity index (χ3n) is 3.39. The predicted molar refractivity (Wildman–Crippen MR) is 83.3 cm³/mol. The van der Waals surface area contributed by atoms with Crippen LogP contribution in [0.5, 0.6) is 0 Å². The van der Waals surface area contributed by atoms with Crippen LogP contribution in [0.1, 0.15) is 31.9 Å². The van der Waals surface area contributed by atoms with E-state index in [0.717, 1.165) is 5.56 Å². The van der Waals surface area contributed by atoms with Crippen molar-refractivity contribution in [1.82, 2.24) is 10.2 Å². The highest BCUT2D eigenvalue weighted by atomic mass is 19.1. The molecule has 0 radical (unpaired) electrons. The van der Waals surface area contributed by atoms with Gasteiger partial charge in [-0.15, -0.1) is 0 Å². The summed E-state index contributed by atoms with van der Waals surface area (Å²) in [5.74, 6) is -0.0623. The number of likely N-dealkylation sites (N-methyl/N-ethyl adjacent to an activating group) is 1. The van der Waals surface area contributed by atoms with Crippen LogP contribution in [0.2, 0.25) is 0 Å². The van der Waals surface area contributed by atoms with E-state index in [1.165, 1.54) is 12.1 Å². The second-order valence-electron chi connectivity index (χ2n) is 6.02. The molecule has 5 heteroatoms. The molecule has 0 aliphatic rings. The van der Waals surface area contributed by atoms with Crippen LogP contribution in [0.4, 0.5) is 4.39 Å².